The lowest BCUT2D eigenvalue weighted by Crippen LogP contribution is -2.02. The quantitative estimate of drug-likeness (QED) is 0.369. The van der Waals surface area contributed by atoms with Gasteiger partial charge in [0.2, 0.25) is 0 Å². The Morgan fingerprint density at radius 2 is 2.00 bits per heavy atom. The molecule has 4 heteroatoms. The van der Waals surface area contributed by atoms with Crippen LogP contribution in [0.2, 0.25) is 6.22 Å². The standard InChI is InChI=1S/CH2B3F/c2-1-4(3)5/h1H2. The van der Waals surface area contributed by atoms with Gasteiger partial charge in [-0.1, -0.05) is 6.22 Å². The highest BCUT2D eigenvalue weighted by molar-refractivity contribution is 7.01. The molecule has 0 aromatic heterocycles. The summed E-state index contributed by atoms with van der Waals surface area (Å²) < 4.78 is 11.1. The topological polar surface area (TPSA) is 0 Å². The van der Waals surface area contributed by atoms with Crippen LogP contribution in [0, 0.1) is 0 Å². The molecule has 0 fully saturated rings. The van der Waals surface area contributed by atoms with Crippen molar-refractivity contribution in [3.63, 3.8) is 0 Å². The second kappa shape index (κ2) is 2.37. The third kappa shape index (κ3) is 4.12. The molecule has 4 radical (unpaired) electrons. The van der Waals surface area contributed by atoms with Crippen molar-refractivity contribution in [1.29, 1.82) is 0 Å². The summed E-state index contributed by atoms with van der Waals surface area (Å²) in [6.07, 6.45) is -0.0833. The molecule has 0 aromatic carbocycles. The summed E-state index contributed by atoms with van der Waals surface area (Å²) in [4.78, 5) is 0. The predicted molar refractivity (Wildman–Crippen MR) is 23.2 cm³/mol. The largest absolute Gasteiger partial charge is 0.350 e. The SMILES string of the molecule is [B]CB([B])F. The Bertz CT molecular complexity index is 20.9. The van der Waals surface area contributed by atoms with E-state index in [4.69, 9.17) is 0 Å². The molecule has 22 valence electrons. The van der Waals surface area contributed by atoms with Gasteiger partial charge in [0.15, 0.2) is 0 Å². The van der Waals surface area contributed by atoms with Crippen molar-refractivity contribution in [1.82, 2.24) is 0 Å². The van der Waals surface area contributed by atoms with E-state index in [0.717, 1.165) is 0 Å². The number of hydrogen-bond donors (Lipinski definition) is 0. The van der Waals surface area contributed by atoms with Crippen LogP contribution in [0.25, 0.3) is 0 Å². The van der Waals surface area contributed by atoms with Crippen molar-refractivity contribution in [2.45, 2.75) is 6.22 Å². The summed E-state index contributed by atoms with van der Waals surface area (Å²) in [5, 5.41) is 0. The van der Waals surface area contributed by atoms with Gasteiger partial charge in [0.25, 0.3) is 6.88 Å². The van der Waals surface area contributed by atoms with Crippen LogP contribution < -0.4 is 0 Å². The van der Waals surface area contributed by atoms with Gasteiger partial charge in [0.05, 0.1) is 15.6 Å². The van der Waals surface area contributed by atoms with E-state index in [2.05, 4.69) is 15.6 Å². The second-order valence-corrected chi connectivity index (χ2v) is 0.752. The van der Waals surface area contributed by atoms with Crippen molar-refractivity contribution >= 4 is 22.5 Å². The average molecular weight is 65.5 g/mol. The molecule has 0 heterocycles. The number of hydrogen-bond acceptors (Lipinski definition) is 0. The molecule has 0 saturated heterocycles. The number of rotatable bonds is 1. The summed E-state index contributed by atoms with van der Waals surface area (Å²) in [6.45, 7) is -1.34. The van der Waals surface area contributed by atoms with Gasteiger partial charge in [-0.25, -0.2) is 0 Å². The first-order valence-electron chi connectivity index (χ1n) is 1.37. The van der Waals surface area contributed by atoms with Crippen molar-refractivity contribution in [3.8, 4) is 0 Å². The van der Waals surface area contributed by atoms with Crippen molar-refractivity contribution in [3.05, 3.63) is 0 Å². The molecular formula is CH2B3F. The Hall–Kier alpha value is 0.125. The highest BCUT2D eigenvalue weighted by atomic mass is 19.1. The minimum Gasteiger partial charge on any atom is -0.350 e. The van der Waals surface area contributed by atoms with Crippen molar-refractivity contribution in [2.24, 2.45) is 0 Å². The van der Waals surface area contributed by atoms with Gasteiger partial charge in [-0.3, -0.25) is 0 Å². The van der Waals surface area contributed by atoms with Crippen LogP contribution in [0.5, 0.6) is 0 Å². The maximum Gasteiger partial charge on any atom is 0.284 e. The molecule has 0 rings (SSSR count). The molecule has 0 nitrogen and oxygen atoms in total. The van der Waals surface area contributed by atoms with E-state index in [9.17, 15) is 4.32 Å². The van der Waals surface area contributed by atoms with Gasteiger partial charge < -0.3 is 4.32 Å². The molecule has 0 aliphatic carbocycles. The smallest absolute Gasteiger partial charge is 0.284 e. The molecule has 0 atom stereocenters. The fraction of sp³-hybridized carbons (Fsp3) is 1.00. The van der Waals surface area contributed by atoms with Crippen LogP contribution in [0.3, 0.4) is 0 Å². The summed E-state index contributed by atoms with van der Waals surface area (Å²) in [6, 6.07) is 0. The van der Waals surface area contributed by atoms with Gasteiger partial charge in [0, 0.05) is 0 Å². The third-order valence-electron chi connectivity index (χ3n) is 0.225. The highest BCUT2D eigenvalue weighted by Crippen LogP contribution is 1.76. The lowest BCUT2D eigenvalue weighted by molar-refractivity contribution is 0.863. The summed E-state index contributed by atoms with van der Waals surface area (Å²) in [5.41, 5.74) is 0. The second-order valence-electron chi connectivity index (χ2n) is 0.752. The van der Waals surface area contributed by atoms with E-state index < -0.39 is 6.88 Å². The summed E-state index contributed by atoms with van der Waals surface area (Å²) >= 11 is 0. The molecule has 0 spiro atoms. The maximum atomic E-state index is 11.1. The first-order chi connectivity index (χ1) is 2.27. The van der Waals surface area contributed by atoms with Crippen molar-refractivity contribution in [2.75, 3.05) is 0 Å². The van der Waals surface area contributed by atoms with Gasteiger partial charge in [-0.15, -0.1) is 0 Å². The van der Waals surface area contributed by atoms with Gasteiger partial charge in [-0.05, 0) is 0 Å². The Labute approximate surface area is 34.1 Å². The fourth-order valence-corrected chi connectivity index (χ4v) is 0. The number of halogens is 1. The highest BCUT2D eigenvalue weighted by Gasteiger charge is 1.93. The fourth-order valence-electron chi connectivity index (χ4n) is 0. The first-order valence-corrected chi connectivity index (χ1v) is 1.37. The minimum atomic E-state index is -1.34. The first kappa shape index (κ1) is 5.12. The lowest BCUT2D eigenvalue weighted by atomic mass is 9.44. The summed E-state index contributed by atoms with van der Waals surface area (Å²) in [5.74, 6) is 0. The van der Waals surface area contributed by atoms with Crippen LogP contribution in [0.4, 0.5) is 4.32 Å². The Kier molecular flexibility index (Phi) is 2.43. The normalized spacial score (nSPS) is 7.40. The van der Waals surface area contributed by atoms with E-state index >= 15 is 0 Å². The molecule has 0 aliphatic rings. The van der Waals surface area contributed by atoms with E-state index in [1.165, 1.54) is 0 Å². The maximum absolute atomic E-state index is 11.1. The Morgan fingerprint density at radius 3 is 2.00 bits per heavy atom. The zero-order chi connectivity index (χ0) is 4.28. The Balaban J connectivity index is 2.54. The van der Waals surface area contributed by atoms with E-state index in [1.807, 2.05) is 0 Å². The monoisotopic (exact) mass is 66.0 g/mol. The summed E-state index contributed by atoms with van der Waals surface area (Å²) in [7, 11) is 9.17. The van der Waals surface area contributed by atoms with Crippen LogP contribution >= 0.6 is 0 Å². The predicted octanol–water partition coefficient (Wildman–Crippen LogP) is -0.261. The molecule has 0 amide bonds. The average Bonchev–Trinajstić information content (AvgIpc) is 1.38. The Morgan fingerprint density at radius 1 is 1.80 bits per heavy atom. The van der Waals surface area contributed by atoms with E-state index in [0.29, 0.717) is 0 Å². The molecular weight excluding hydrogens is 63.4 g/mol. The van der Waals surface area contributed by atoms with Crippen LogP contribution in [0.15, 0.2) is 0 Å². The van der Waals surface area contributed by atoms with Crippen LogP contribution in [-0.2, 0) is 0 Å². The van der Waals surface area contributed by atoms with E-state index in [-0.39, 0.29) is 6.22 Å². The van der Waals surface area contributed by atoms with Crippen molar-refractivity contribution < 1.29 is 4.32 Å². The zero-order valence-corrected chi connectivity index (χ0v) is 2.82. The third-order valence-corrected chi connectivity index (χ3v) is 0.225. The molecule has 0 aromatic rings. The molecule has 0 N–H and O–H groups in total. The molecule has 0 unspecified atom stereocenters. The van der Waals surface area contributed by atoms with Crippen LogP contribution in [-0.4, -0.2) is 22.5 Å². The molecule has 0 aliphatic heterocycles. The minimum absolute atomic E-state index is 0.0833. The molecule has 0 saturated carbocycles. The zero-order valence-electron chi connectivity index (χ0n) is 2.82. The van der Waals surface area contributed by atoms with Gasteiger partial charge in [0.1, 0.15) is 0 Å². The lowest BCUT2D eigenvalue weighted by Gasteiger charge is -1.80. The van der Waals surface area contributed by atoms with Gasteiger partial charge in [-0.2, -0.15) is 0 Å². The van der Waals surface area contributed by atoms with Crippen LogP contribution in [0.1, 0.15) is 0 Å². The molecule has 5 heavy (non-hydrogen) atoms. The molecule has 0 bridgehead atoms. The van der Waals surface area contributed by atoms with E-state index in [1.54, 1.807) is 0 Å². The van der Waals surface area contributed by atoms with Gasteiger partial charge >= 0.3 is 0 Å².